The summed E-state index contributed by atoms with van der Waals surface area (Å²) in [6, 6.07) is 4.02. The molecule has 13 heavy (non-hydrogen) atoms. The molecule has 3 nitrogen and oxygen atoms in total. The molecule has 4 heteroatoms. The number of rotatable bonds is 0. The number of nitrogens with zero attached hydrogens (tertiary/aromatic N) is 3. The average molecular weight is 189 g/mol. The first-order valence-corrected chi connectivity index (χ1v) is 4.98. The van der Waals surface area contributed by atoms with Crippen LogP contribution in [0.2, 0.25) is 0 Å². The number of fused-ring (bicyclic) bond motifs is 3. The van der Waals surface area contributed by atoms with E-state index in [0.29, 0.717) is 0 Å². The van der Waals surface area contributed by atoms with E-state index in [1.165, 1.54) is 16.4 Å². The molecule has 64 valence electrons. The van der Waals surface area contributed by atoms with Crippen molar-refractivity contribution >= 4 is 11.5 Å². The Morgan fingerprint density at radius 3 is 3.31 bits per heavy atom. The van der Waals surface area contributed by atoms with Crippen molar-refractivity contribution in [1.29, 1.82) is 0 Å². The first kappa shape index (κ1) is 7.15. The lowest BCUT2D eigenvalue weighted by Gasteiger charge is -2.11. The highest BCUT2D eigenvalue weighted by molar-refractivity contribution is 7.06. The average Bonchev–Trinajstić information content (AvgIpc) is 2.65. The Morgan fingerprint density at radius 2 is 2.31 bits per heavy atom. The normalized spacial score (nSPS) is 13.5. The van der Waals surface area contributed by atoms with Crippen LogP contribution in [0.4, 0.5) is 0 Å². The molecule has 2 aromatic heterocycles. The molecule has 0 aliphatic heterocycles. The van der Waals surface area contributed by atoms with Crippen molar-refractivity contribution in [3.63, 3.8) is 0 Å². The minimum atomic E-state index is 1.02. The quantitative estimate of drug-likeness (QED) is 0.633. The third kappa shape index (κ3) is 0.986. The van der Waals surface area contributed by atoms with Gasteiger partial charge >= 0.3 is 0 Å². The van der Waals surface area contributed by atoms with E-state index in [9.17, 15) is 0 Å². The van der Waals surface area contributed by atoms with Crippen LogP contribution in [0.25, 0.3) is 11.3 Å². The summed E-state index contributed by atoms with van der Waals surface area (Å²) in [5.41, 5.74) is 3.36. The molecule has 3 rings (SSSR count). The molecule has 1 aliphatic rings. The Bertz CT molecular complexity index is 450. The van der Waals surface area contributed by atoms with Gasteiger partial charge in [-0.25, -0.2) is 0 Å². The molecule has 2 heterocycles. The van der Waals surface area contributed by atoms with Crippen LogP contribution < -0.4 is 0 Å². The van der Waals surface area contributed by atoms with E-state index < -0.39 is 0 Å². The maximum Gasteiger partial charge on any atom is 0.110 e. The molecule has 0 radical (unpaired) electrons. The van der Waals surface area contributed by atoms with Crippen LogP contribution in [-0.2, 0) is 12.8 Å². The van der Waals surface area contributed by atoms with Gasteiger partial charge in [-0.3, -0.25) is 4.98 Å². The lowest BCUT2D eigenvalue weighted by atomic mass is 9.99. The molecule has 2 aromatic rings. The molecule has 0 spiro atoms. The Morgan fingerprint density at radius 1 is 1.31 bits per heavy atom. The number of pyridine rings is 1. The van der Waals surface area contributed by atoms with Gasteiger partial charge in [0.15, 0.2) is 0 Å². The molecule has 0 saturated carbocycles. The monoisotopic (exact) mass is 189 g/mol. The molecule has 0 amide bonds. The first-order valence-electron chi connectivity index (χ1n) is 4.20. The Labute approximate surface area is 79.6 Å². The van der Waals surface area contributed by atoms with Crippen LogP contribution in [0.5, 0.6) is 0 Å². The first-order chi connectivity index (χ1) is 6.45. The van der Waals surface area contributed by atoms with Crippen molar-refractivity contribution in [3.05, 3.63) is 28.9 Å². The predicted octanol–water partition coefficient (Wildman–Crippen LogP) is 1.70. The van der Waals surface area contributed by atoms with E-state index in [-0.39, 0.29) is 0 Å². The lowest BCUT2D eigenvalue weighted by Crippen LogP contribution is -2.03. The molecule has 0 aromatic carbocycles. The van der Waals surface area contributed by atoms with Crippen LogP contribution in [-0.4, -0.2) is 14.6 Å². The molecule has 0 atom stereocenters. The van der Waals surface area contributed by atoms with E-state index >= 15 is 0 Å². The lowest BCUT2D eigenvalue weighted by molar-refractivity contribution is 0.903. The van der Waals surface area contributed by atoms with E-state index in [4.69, 9.17) is 0 Å². The summed E-state index contributed by atoms with van der Waals surface area (Å²) < 4.78 is 3.97. The second-order valence-electron chi connectivity index (χ2n) is 3.04. The summed E-state index contributed by atoms with van der Waals surface area (Å²) in [6.07, 6.45) is 3.90. The van der Waals surface area contributed by atoms with E-state index in [1.807, 2.05) is 12.3 Å². The zero-order valence-corrected chi connectivity index (χ0v) is 7.71. The van der Waals surface area contributed by atoms with E-state index in [2.05, 4.69) is 20.6 Å². The van der Waals surface area contributed by atoms with Crippen LogP contribution in [0.15, 0.2) is 18.3 Å². The zero-order chi connectivity index (χ0) is 8.67. The molecular formula is C9H7N3S. The summed E-state index contributed by atoms with van der Waals surface area (Å²) in [4.78, 5) is 5.63. The summed E-state index contributed by atoms with van der Waals surface area (Å²) >= 11 is 1.50. The van der Waals surface area contributed by atoms with E-state index in [1.54, 1.807) is 0 Å². The van der Waals surface area contributed by atoms with Gasteiger partial charge in [-0.2, -0.15) is 0 Å². The van der Waals surface area contributed by atoms with Gasteiger partial charge in [-0.1, -0.05) is 4.49 Å². The van der Waals surface area contributed by atoms with Gasteiger partial charge in [0.25, 0.3) is 0 Å². The molecular weight excluding hydrogens is 182 g/mol. The molecule has 0 fully saturated rings. The van der Waals surface area contributed by atoms with E-state index in [0.717, 1.165) is 29.8 Å². The Hall–Kier alpha value is -1.29. The Balaban J connectivity index is 2.30. The van der Waals surface area contributed by atoms with Gasteiger partial charge in [0.1, 0.15) is 5.69 Å². The maximum atomic E-state index is 4.33. The smallest absolute Gasteiger partial charge is 0.110 e. The minimum absolute atomic E-state index is 1.02. The van der Waals surface area contributed by atoms with Crippen molar-refractivity contribution in [2.75, 3.05) is 0 Å². The molecule has 0 unspecified atom stereocenters. The van der Waals surface area contributed by atoms with Crippen LogP contribution in [0.1, 0.15) is 10.6 Å². The number of hydrogen-bond acceptors (Lipinski definition) is 4. The molecule has 0 bridgehead atoms. The van der Waals surface area contributed by atoms with Crippen molar-refractivity contribution in [2.45, 2.75) is 12.8 Å². The summed E-state index contributed by atoms with van der Waals surface area (Å²) in [7, 11) is 0. The van der Waals surface area contributed by atoms with Gasteiger partial charge in [0.05, 0.1) is 10.6 Å². The van der Waals surface area contributed by atoms with Crippen LogP contribution >= 0.6 is 11.5 Å². The van der Waals surface area contributed by atoms with Crippen molar-refractivity contribution in [3.8, 4) is 11.3 Å². The Kier molecular flexibility index (Phi) is 1.43. The van der Waals surface area contributed by atoms with Crippen molar-refractivity contribution in [2.24, 2.45) is 0 Å². The molecule has 0 saturated heterocycles. The van der Waals surface area contributed by atoms with Gasteiger partial charge in [-0.15, -0.1) is 5.10 Å². The fraction of sp³-hybridized carbons (Fsp3) is 0.222. The topological polar surface area (TPSA) is 38.7 Å². The summed E-state index contributed by atoms with van der Waals surface area (Å²) in [5, 5.41) is 4.13. The highest BCUT2D eigenvalue weighted by atomic mass is 32.1. The van der Waals surface area contributed by atoms with Crippen LogP contribution in [0, 0.1) is 0 Å². The highest BCUT2D eigenvalue weighted by Gasteiger charge is 2.19. The van der Waals surface area contributed by atoms with Crippen LogP contribution in [0.3, 0.4) is 0 Å². The second-order valence-corrected chi connectivity index (χ2v) is 3.88. The van der Waals surface area contributed by atoms with Gasteiger partial charge in [0, 0.05) is 11.8 Å². The summed E-state index contributed by atoms with van der Waals surface area (Å²) in [5.74, 6) is 0. The maximum absolute atomic E-state index is 4.33. The third-order valence-electron chi connectivity index (χ3n) is 2.29. The minimum Gasteiger partial charge on any atom is -0.261 e. The second kappa shape index (κ2) is 2.60. The number of aryl methyl sites for hydroxylation is 2. The zero-order valence-electron chi connectivity index (χ0n) is 6.90. The standard InChI is InChI=1S/C9H7N3S/c1-2-6-7(10-5-1)3-4-8-9(6)11-12-13-8/h1-2,5H,3-4H2. The van der Waals surface area contributed by atoms with Gasteiger partial charge < -0.3 is 0 Å². The van der Waals surface area contributed by atoms with Gasteiger partial charge in [-0.05, 0) is 36.5 Å². The number of aromatic nitrogens is 3. The van der Waals surface area contributed by atoms with Crippen molar-refractivity contribution in [1.82, 2.24) is 14.6 Å². The number of hydrogen-bond donors (Lipinski definition) is 0. The molecule has 1 aliphatic carbocycles. The van der Waals surface area contributed by atoms with Gasteiger partial charge in [0.2, 0.25) is 0 Å². The summed E-state index contributed by atoms with van der Waals surface area (Å²) in [6.45, 7) is 0. The predicted molar refractivity (Wildman–Crippen MR) is 50.5 cm³/mol. The SMILES string of the molecule is c1cnc2c(c1)-c1nnsc1CC2. The fourth-order valence-electron chi connectivity index (χ4n) is 1.66. The fourth-order valence-corrected chi connectivity index (χ4v) is 2.31. The highest BCUT2D eigenvalue weighted by Crippen LogP contribution is 2.31. The third-order valence-corrected chi connectivity index (χ3v) is 3.07. The largest absolute Gasteiger partial charge is 0.261 e. The molecule has 0 N–H and O–H groups in total. The van der Waals surface area contributed by atoms with Crippen molar-refractivity contribution < 1.29 is 0 Å².